The van der Waals surface area contributed by atoms with Crippen LogP contribution in [0.25, 0.3) is 0 Å². The molecule has 0 aromatic heterocycles. The number of hydrogen-bond acceptors (Lipinski definition) is 3. The number of nitrogens with one attached hydrogen (secondary N) is 2. The highest BCUT2D eigenvalue weighted by Crippen LogP contribution is 2.41. The first-order chi connectivity index (χ1) is 11.1. The van der Waals surface area contributed by atoms with Crippen molar-refractivity contribution in [2.24, 2.45) is 0 Å². The zero-order chi connectivity index (χ0) is 16.0. The molecule has 23 heavy (non-hydrogen) atoms. The van der Waals surface area contributed by atoms with Gasteiger partial charge in [-0.05, 0) is 29.8 Å². The molecule has 0 bridgehead atoms. The van der Waals surface area contributed by atoms with Crippen LogP contribution in [0.3, 0.4) is 0 Å². The van der Waals surface area contributed by atoms with Crippen LogP contribution in [0.15, 0.2) is 36.4 Å². The molecule has 0 aliphatic carbocycles. The molecular weight excluding hydrogens is 336 g/mol. The molecule has 0 saturated carbocycles. The van der Waals surface area contributed by atoms with Crippen LogP contribution in [0.5, 0.6) is 0 Å². The summed E-state index contributed by atoms with van der Waals surface area (Å²) in [4.78, 5) is 2.23. The van der Waals surface area contributed by atoms with Crippen molar-refractivity contribution in [2.75, 3.05) is 24.7 Å². The van der Waals surface area contributed by atoms with Gasteiger partial charge in [-0.15, -0.1) is 0 Å². The van der Waals surface area contributed by atoms with Gasteiger partial charge in [0.25, 0.3) is 0 Å². The van der Waals surface area contributed by atoms with Crippen LogP contribution in [0.2, 0.25) is 10.0 Å². The number of fused-ring (bicyclic) bond motifs is 2. The maximum Gasteiger partial charge on any atom is 0.123 e. The van der Waals surface area contributed by atoms with Crippen molar-refractivity contribution in [1.82, 2.24) is 10.6 Å². The molecule has 4 rings (SSSR count). The van der Waals surface area contributed by atoms with Gasteiger partial charge >= 0.3 is 0 Å². The van der Waals surface area contributed by atoms with Gasteiger partial charge in [-0.3, -0.25) is 5.32 Å². The smallest absolute Gasteiger partial charge is 0.123 e. The van der Waals surface area contributed by atoms with E-state index in [-0.39, 0.29) is 11.4 Å². The van der Waals surface area contributed by atoms with Crippen LogP contribution < -0.4 is 15.5 Å². The number of halogens is 3. The van der Waals surface area contributed by atoms with Gasteiger partial charge in [0.15, 0.2) is 0 Å². The van der Waals surface area contributed by atoms with E-state index >= 15 is 0 Å². The lowest BCUT2D eigenvalue weighted by Gasteiger charge is -2.25. The third kappa shape index (κ3) is 2.50. The van der Waals surface area contributed by atoms with Crippen molar-refractivity contribution < 1.29 is 4.39 Å². The monoisotopic (exact) mass is 351 g/mol. The van der Waals surface area contributed by atoms with Crippen molar-refractivity contribution in [3.8, 4) is 0 Å². The summed E-state index contributed by atoms with van der Waals surface area (Å²) in [7, 11) is 0. The molecule has 1 fully saturated rings. The van der Waals surface area contributed by atoms with Gasteiger partial charge in [0, 0.05) is 37.6 Å². The van der Waals surface area contributed by atoms with Crippen LogP contribution in [0.1, 0.15) is 11.1 Å². The fraction of sp³-hybridized carbons (Fsp3) is 0.294. The van der Waals surface area contributed by atoms with Crippen LogP contribution in [0.4, 0.5) is 10.1 Å². The molecule has 1 saturated heterocycles. The summed E-state index contributed by atoms with van der Waals surface area (Å²) < 4.78 is 13.8. The first-order valence-electron chi connectivity index (χ1n) is 7.53. The molecule has 3 nitrogen and oxygen atoms in total. The van der Waals surface area contributed by atoms with E-state index in [0.717, 1.165) is 36.6 Å². The van der Waals surface area contributed by atoms with E-state index < -0.39 is 0 Å². The van der Waals surface area contributed by atoms with Crippen LogP contribution >= 0.6 is 23.2 Å². The lowest BCUT2D eigenvalue weighted by Crippen LogP contribution is -2.43. The van der Waals surface area contributed by atoms with E-state index in [1.165, 1.54) is 6.07 Å². The van der Waals surface area contributed by atoms with Gasteiger partial charge in [0.05, 0.1) is 15.6 Å². The molecule has 0 radical (unpaired) electrons. The average molecular weight is 352 g/mol. The number of hydrogen-bond donors (Lipinski definition) is 2. The quantitative estimate of drug-likeness (QED) is 0.866. The Morgan fingerprint density at radius 2 is 2.09 bits per heavy atom. The molecule has 2 heterocycles. The molecule has 2 aliphatic heterocycles. The van der Waals surface area contributed by atoms with Gasteiger partial charge in [0.2, 0.25) is 0 Å². The Kier molecular flexibility index (Phi) is 3.73. The Labute approximate surface area is 144 Å². The summed E-state index contributed by atoms with van der Waals surface area (Å²) in [5.41, 5.74) is 2.76. The van der Waals surface area contributed by atoms with Gasteiger partial charge in [-0.25, -0.2) is 4.39 Å². The summed E-state index contributed by atoms with van der Waals surface area (Å²) in [6, 6.07) is 10.6. The number of rotatable bonds is 2. The maximum atomic E-state index is 13.8. The van der Waals surface area contributed by atoms with Gasteiger partial charge in [-0.2, -0.15) is 0 Å². The van der Waals surface area contributed by atoms with E-state index in [0.29, 0.717) is 16.6 Å². The second-order valence-electron chi connectivity index (χ2n) is 6.09. The second-order valence-corrected chi connectivity index (χ2v) is 6.88. The molecule has 2 aromatic carbocycles. The van der Waals surface area contributed by atoms with Crippen LogP contribution in [-0.2, 0) is 12.1 Å². The second kappa shape index (κ2) is 5.64. The van der Waals surface area contributed by atoms with E-state index in [4.69, 9.17) is 23.2 Å². The van der Waals surface area contributed by atoms with Crippen molar-refractivity contribution in [3.05, 3.63) is 63.4 Å². The van der Waals surface area contributed by atoms with E-state index in [9.17, 15) is 4.39 Å². The van der Waals surface area contributed by atoms with Crippen molar-refractivity contribution in [2.45, 2.75) is 12.1 Å². The summed E-state index contributed by atoms with van der Waals surface area (Å²) in [5, 5.41) is 7.93. The van der Waals surface area contributed by atoms with Crippen molar-refractivity contribution in [1.29, 1.82) is 0 Å². The van der Waals surface area contributed by atoms with Crippen molar-refractivity contribution >= 4 is 28.9 Å². The molecule has 120 valence electrons. The third-order valence-electron chi connectivity index (χ3n) is 4.65. The minimum Gasteiger partial charge on any atom is -0.365 e. The Balaban J connectivity index is 1.72. The normalized spacial score (nSPS) is 22.8. The molecule has 0 amide bonds. The van der Waals surface area contributed by atoms with E-state index in [1.54, 1.807) is 12.1 Å². The molecule has 2 aromatic rings. The maximum absolute atomic E-state index is 13.8. The van der Waals surface area contributed by atoms with Crippen LogP contribution in [-0.4, -0.2) is 19.8 Å². The molecule has 1 atom stereocenters. The summed E-state index contributed by atoms with van der Waals surface area (Å²) in [6.07, 6.45) is 0. The zero-order valence-corrected chi connectivity index (χ0v) is 13.9. The van der Waals surface area contributed by atoms with Gasteiger partial charge < -0.3 is 10.2 Å². The fourth-order valence-electron chi connectivity index (χ4n) is 3.55. The summed E-state index contributed by atoms with van der Waals surface area (Å²) in [5.74, 6) is -0.209. The number of anilines is 1. The number of nitrogens with zero attached hydrogens (tertiary/aromatic N) is 1. The lowest BCUT2D eigenvalue weighted by atomic mass is 9.93. The van der Waals surface area contributed by atoms with E-state index in [2.05, 4.69) is 15.5 Å². The highest BCUT2D eigenvalue weighted by atomic mass is 35.5. The molecule has 2 N–H and O–H groups in total. The Morgan fingerprint density at radius 1 is 1.22 bits per heavy atom. The van der Waals surface area contributed by atoms with Crippen LogP contribution in [0, 0.1) is 5.82 Å². The Hall–Kier alpha value is -1.33. The first-order valence-corrected chi connectivity index (χ1v) is 8.28. The summed E-state index contributed by atoms with van der Waals surface area (Å²) in [6.45, 7) is 2.91. The highest BCUT2D eigenvalue weighted by molar-refractivity contribution is 6.42. The topological polar surface area (TPSA) is 27.3 Å². The molecule has 2 aliphatic rings. The van der Waals surface area contributed by atoms with Gasteiger partial charge in [-0.1, -0.05) is 35.3 Å². The van der Waals surface area contributed by atoms with Crippen molar-refractivity contribution in [3.63, 3.8) is 0 Å². The van der Waals surface area contributed by atoms with Gasteiger partial charge in [0.1, 0.15) is 5.82 Å². The predicted octanol–water partition coefficient (Wildman–Crippen LogP) is 3.50. The molecule has 1 unspecified atom stereocenters. The zero-order valence-electron chi connectivity index (χ0n) is 12.4. The molecule has 1 spiro atoms. The molecule has 6 heteroatoms. The lowest BCUT2D eigenvalue weighted by molar-refractivity contribution is 0.437. The minimum atomic E-state index is -0.248. The average Bonchev–Trinajstić information content (AvgIpc) is 3.11. The fourth-order valence-corrected chi connectivity index (χ4v) is 3.93. The Morgan fingerprint density at radius 3 is 2.87 bits per heavy atom. The standard InChI is InChI=1S/C17H16Cl2FN3/c18-14-3-1-2-11(16(14)19)7-23-9-17(8-21-10-22-17)13-6-12(20)4-5-15(13)23/h1-6,21-22H,7-10H2. The molecular formula is C17H16Cl2FN3. The highest BCUT2D eigenvalue weighted by Gasteiger charge is 2.44. The predicted molar refractivity (Wildman–Crippen MR) is 91.6 cm³/mol. The minimum absolute atomic E-state index is 0.209. The van der Waals surface area contributed by atoms with E-state index in [1.807, 2.05) is 18.2 Å². The Bertz CT molecular complexity index is 759. The largest absolute Gasteiger partial charge is 0.365 e. The summed E-state index contributed by atoms with van der Waals surface area (Å²) >= 11 is 12.4. The SMILES string of the molecule is Fc1ccc2c(c1)C1(CNCN1)CN2Cc1cccc(Cl)c1Cl. The number of benzene rings is 2. The third-order valence-corrected chi connectivity index (χ3v) is 5.51. The first kappa shape index (κ1) is 15.2.